The molecule has 0 aliphatic heterocycles. The van der Waals surface area contributed by atoms with E-state index in [4.69, 9.17) is 4.74 Å². The molecule has 0 atom stereocenters. The van der Waals surface area contributed by atoms with E-state index in [0.29, 0.717) is 6.61 Å². The van der Waals surface area contributed by atoms with Crippen LogP contribution >= 0.6 is 0 Å². The standard InChI is InChI=1S/C25H24O4/c1-25(2,20-12-15-23(26)22(17-20)24(27)28)19-10-13-21(14-11-19)29-16-6-9-18-7-4-3-5-8-18/h3-15,17,26H,16H2,1-2H3,(H,27,28). The molecule has 4 heteroatoms. The predicted octanol–water partition coefficient (Wildman–Crippen LogP) is 5.51. The number of aromatic carboxylic acids is 1. The number of hydrogen-bond acceptors (Lipinski definition) is 3. The monoisotopic (exact) mass is 388 g/mol. The molecule has 3 rings (SSSR count). The van der Waals surface area contributed by atoms with E-state index >= 15 is 0 Å². The Balaban J connectivity index is 1.69. The summed E-state index contributed by atoms with van der Waals surface area (Å²) in [6.07, 6.45) is 3.99. The third kappa shape index (κ3) is 4.85. The van der Waals surface area contributed by atoms with E-state index in [-0.39, 0.29) is 11.3 Å². The lowest BCUT2D eigenvalue weighted by molar-refractivity contribution is 0.0693. The van der Waals surface area contributed by atoms with E-state index in [2.05, 4.69) is 0 Å². The number of carbonyl (C=O) groups is 1. The zero-order chi connectivity index (χ0) is 20.9. The molecule has 0 unspecified atom stereocenters. The van der Waals surface area contributed by atoms with E-state index in [0.717, 1.165) is 22.4 Å². The van der Waals surface area contributed by atoms with Crippen molar-refractivity contribution in [1.82, 2.24) is 0 Å². The van der Waals surface area contributed by atoms with Gasteiger partial charge in [0.15, 0.2) is 0 Å². The molecule has 2 N–H and O–H groups in total. The van der Waals surface area contributed by atoms with Crippen LogP contribution in [0.2, 0.25) is 0 Å². The van der Waals surface area contributed by atoms with E-state index in [1.165, 1.54) is 12.1 Å². The SMILES string of the molecule is CC(C)(c1ccc(OCC=Cc2ccccc2)cc1)c1ccc(O)c(C(=O)O)c1. The minimum Gasteiger partial charge on any atom is -0.507 e. The summed E-state index contributed by atoms with van der Waals surface area (Å²) in [7, 11) is 0. The Morgan fingerprint density at radius 3 is 2.28 bits per heavy atom. The van der Waals surface area contributed by atoms with Gasteiger partial charge in [-0.3, -0.25) is 0 Å². The quantitative estimate of drug-likeness (QED) is 0.560. The molecule has 0 aliphatic carbocycles. The van der Waals surface area contributed by atoms with Crippen LogP contribution in [0.3, 0.4) is 0 Å². The summed E-state index contributed by atoms with van der Waals surface area (Å²) in [5, 5.41) is 19.0. The fourth-order valence-corrected chi connectivity index (χ4v) is 3.12. The highest BCUT2D eigenvalue weighted by Gasteiger charge is 2.25. The fourth-order valence-electron chi connectivity index (χ4n) is 3.12. The predicted molar refractivity (Wildman–Crippen MR) is 115 cm³/mol. The van der Waals surface area contributed by atoms with E-state index in [1.54, 1.807) is 6.07 Å². The molecule has 0 aliphatic rings. The largest absolute Gasteiger partial charge is 0.507 e. The number of carboxylic acids is 1. The number of carboxylic acid groups (broad SMARTS) is 1. The third-order valence-corrected chi connectivity index (χ3v) is 4.98. The summed E-state index contributed by atoms with van der Waals surface area (Å²) in [4.78, 5) is 11.3. The zero-order valence-electron chi connectivity index (χ0n) is 16.5. The first-order chi connectivity index (χ1) is 13.9. The molecule has 0 spiro atoms. The lowest BCUT2D eigenvalue weighted by Gasteiger charge is -2.26. The van der Waals surface area contributed by atoms with E-state index in [9.17, 15) is 15.0 Å². The number of phenols is 1. The molecule has 3 aromatic rings. The number of ether oxygens (including phenoxy) is 1. The Labute approximate surface area is 170 Å². The van der Waals surface area contributed by atoms with Crippen LogP contribution in [0.15, 0.2) is 78.9 Å². The molecule has 0 bridgehead atoms. The molecule has 0 aromatic heterocycles. The van der Waals surface area contributed by atoms with Gasteiger partial charge in [0.25, 0.3) is 0 Å². The first kappa shape index (κ1) is 20.2. The average Bonchev–Trinajstić information content (AvgIpc) is 2.72. The summed E-state index contributed by atoms with van der Waals surface area (Å²) >= 11 is 0. The number of hydrogen-bond donors (Lipinski definition) is 2. The van der Waals surface area contributed by atoms with Gasteiger partial charge in [0.2, 0.25) is 0 Å². The van der Waals surface area contributed by atoms with Crippen molar-refractivity contribution in [2.45, 2.75) is 19.3 Å². The number of benzene rings is 3. The average molecular weight is 388 g/mol. The number of rotatable bonds is 7. The van der Waals surface area contributed by atoms with Gasteiger partial charge in [0.1, 0.15) is 23.7 Å². The van der Waals surface area contributed by atoms with Crippen molar-refractivity contribution in [1.29, 1.82) is 0 Å². The van der Waals surface area contributed by atoms with Gasteiger partial charge in [-0.1, -0.05) is 68.5 Å². The van der Waals surface area contributed by atoms with Crippen LogP contribution in [0.4, 0.5) is 0 Å². The van der Waals surface area contributed by atoms with Crippen LogP contribution in [0.1, 0.15) is 40.9 Å². The van der Waals surface area contributed by atoms with E-state index < -0.39 is 11.4 Å². The van der Waals surface area contributed by atoms with Gasteiger partial charge >= 0.3 is 5.97 Å². The van der Waals surface area contributed by atoms with Gasteiger partial charge in [-0.2, -0.15) is 0 Å². The summed E-state index contributed by atoms with van der Waals surface area (Å²) in [6.45, 7) is 4.50. The Morgan fingerprint density at radius 1 is 0.966 bits per heavy atom. The summed E-state index contributed by atoms with van der Waals surface area (Å²) < 4.78 is 5.77. The van der Waals surface area contributed by atoms with Gasteiger partial charge in [-0.05, 0) is 47.0 Å². The normalized spacial score (nSPS) is 11.5. The maximum Gasteiger partial charge on any atom is 0.339 e. The van der Waals surface area contributed by atoms with Crippen LogP contribution in [0.25, 0.3) is 6.08 Å². The Hall–Kier alpha value is -3.53. The number of aromatic hydroxyl groups is 1. The molecular formula is C25H24O4. The third-order valence-electron chi connectivity index (χ3n) is 4.98. The molecule has 4 nitrogen and oxygen atoms in total. The molecule has 29 heavy (non-hydrogen) atoms. The van der Waals surface area contributed by atoms with Crippen molar-refractivity contribution in [2.75, 3.05) is 6.61 Å². The lowest BCUT2D eigenvalue weighted by Crippen LogP contribution is -2.19. The minimum absolute atomic E-state index is 0.0965. The van der Waals surface area contributed by atoms with Gasteiger partial charge in [0.05, 0.1) is 0 Å². The van der Waals surface area contributed by atoms with Crippen LogP contribution < -0.4 is 4.74 Å². The first-order valence-corrected chi connectivity index (χ1v) is 9.39. The van der Waals surface area contributed by atoms with Crippen molar-refractivity contribution in [2.24, 2.45) is 0 Å². The Bertz CT molecular complexity index is 1000. The maximum atomic E-state index is 11.3. The van der Waals surface area contributed by atoms with Crippen LogP contribution in [-0.4, -0.2) is 22.8 Å². The Kier molecular flexibility index (Phi) is 6.03. The zero-order valence-corrected chi connectivity index (χ0v) is 16.5. The van der Waals surface area contributed by atoms with Crippen molar-refractivity contribution < 1.29 is 19.7 Å². The van der Waals surface area contributed by atoms with Crippen LogP contribution in [0.5, 0.6) is 11.5 Å². The Morgan fingerprint density at radius 2 is 1.62 bits per heavy atom. The summed E-state index contributed by atoms with van der Waals surface area (Å²) in [6, 6.07) is 22.5. The molecule has 0 amide bonds. The summed E-state index contributed by atoms with van der Waals surface area (Å²) in [5.74, 6) is -0.615. The van der Waals surface area contributed by atoms with Crippen molar-refractivity contribution in [3.8, 4) is 11.5 Å². The minimum atomic E-state index is -1.15. The first-order valence-electron chi connectivity index (χ1n) is 9.39. The highest BCUT2D eigenvalue weighted by Crippen LogP contribution is 2.34. The molecular weight excluding hydrogens is 364 g/mol. The molecule has 0 saturated carbocycles. The maximum absolute atomic E-state index is 11.3. The van der Waals surface area contributed by atoms with Crippen LogP contribution in [-0.2, 0) is 5.41 Å². The van der Waals surface area contributed by atoms with Gasteiger partial charge in [-0.25, -0.2) is 4.79 Å². The van der Waals surface area contributed by atoms with Gasteiger partial charge in [0, 0.05) is 5.41 Å². The second-order valence-electron chi connectivity index (χ2n) is 7.31. The highest BCUT2D eigenvalue weighted by atomic mass is 16.5. The van der Waals surface area contributed by atoms with E-state index in [1.807, 2.05) is 80.6 Å². The molecule has 3 aromatic carbocycles. The molecule has 0 saturated heterocycles. The second-order valence-corrected chi connectivity index (χ2v) is 7.31. The van der Waals surface area contributed by atoms with Gasteiger partial charge in [-0.15, -0.1) is 0 Å². The lowest BCUT2D eigenvalue weighted by atomic mass is 9.77. The van der Waals surface area contributed by atoms with Crippen molar-refractivity contribution >= 4 is 12.0 Å². The second kappa shape index (κ2) is 8.65. The summed E-state index contributed by atoms with van der Waals surface area (Å²) in [5.41, 5.74) is 2.44. The molecule has 0 radical (unpaired) electrons. The van der Waals surface area contributed by atoms with Crippen LogP contribution in [0, 0.1) is 0 Å². The van der Waals surface area contributed by atoms with Crippen molar-refractivity contribution in [3.63, 3.8) is 0 Å². The molecule has 148 valence electrons. The fraction of sp³-hybridized carbons (Fsp3) is 0.160. The molecule has 0 heterocycles. The molecule has 0 fully saturated rings. The topological polar surface area (TPSA) is 66.8 Å². The van der Waals surface area contributed by atoms with Crippen molar-refractivity contribution in [3.05, 3.63) is 101 Å². The smallest absolute Gasteiger partial charge is 0.339 e. The highest BCUT2D eigenvalue weighted by molar-refractivity contribution is 5.91. The van der Waals surface area contributed by atoms with Gasteiger partial charge < -0.3 is 14.9 Å².